The summed E-state index contributed by atoms with van der Waals surface area (Å²) in [6.45, 7) is 5.20. The molecule has 4 heteroatoms. The Labute approximate surface area is 108 Å². The largest absolute Gasteiger partial charge is 0.358 e. The number of anilines is 1. The molecule has 0 aromatic carbocycles. The van der Waals surface area contributed by atoms with E-state index in [2.05, 4.69) is 36.4 Å². The Bertz CT molecular complexity index is 517. The maximum Gasteiger partial charge on any atom is 0.150 e. The summed E-state index contributed by atoms with van der Waals surface area (Å²) in [7, 11) is 2.07. The van der Waals surface area contributed by atoms with E-state index in [0.29, 0.717) is 0 Å². The van der Waals surface area contributed by atoms with Crippen LogP contribution in [-0.4, -0.2) is 29.0 Å². The minimum absolute atomic E-state index is 0.189. The second-order valence-corrected chi connectivity index (χ2v) is 4.70. The van der Waals surface area contributed by atoms with Crippen LogP contribution in [0.3, 0.4) is 0 Å². The van der Waals surface area contributed by atoms with Gasteiger partial charge >= 0.3 is 0 Å². The Morgan fingerprint density at radius 1 is 1.39 bits per heavy atom. The predicted molar refractivity (Wildman–Crippen MR) is 76.1 cm³/mol. The molecule has 2 aromatic rings. The van der Waals surface area contributed by atoms with Crippen molar-refractivity contribution in [1.29, 1.82) is 0 Å². The molecule has 98 valence electrons. The second-order valence-electron chi connectivity index (χ2n) is 4.70. The summed E-state index contributed by atoms with van der Waals surface area (Å²) in [5, 5.41) is 0. The van der Waals surface area contributed by atoms with Crippen LogP contribution in [0.1, 0.15) is 26.0 Å². The van der Waals surface area contributed by atoms with Gasteiger partial charge in [0, 0.05) is 32.3 Å². The normalized spacial score (nSPS) is 12.9. The summed E-state index contributed by atoms with van der Waals surface area (Å²) in [5.74, 6) is 1.05. The van der Waals surface area contributed by atoms with Gasteiger partial charge in [-0.3, -0.25) is 0 Å². The van der Waals surface area contributed by atoms with Crippen LogP contribution < -0.4 is 10.6 Å². The van der Waals surface area contributed by atoms with Crippen LogP contribution in [0.2, 0.25) is 0 Å². The number of fused-ring (bicyclic) bond motifs is 1. The van der Waals surface area contributed by atoms with Crippen molar-refractivity contribution in [2.75, 3.05) is 18.5 Å². The molecular weight excluding hydrogens is 224 g/mol. The highest BCUT2D eigenvalue weighted by atomic mass is 15.2. The summed E-state index contributed by atoms with van der Waals surface area (Å²) in [6.07, 6.45) is 3.91. The standard InChI is InChI=1S/C14H22N4/c1-4-11(15)10-12-14(17(3)5-2)16-13-8-6-7-9-18(12)13/h6-9,11H,4-5,10,15H2,1-3H3. The van der Waals surface area contributed by atoms with Crippen molar-refractivity contribution in [2.24, 2.45) is 5.73 Å². The maximum atomic E-state index is 6.11. The van der Waals surface area contributed by atoms with E-state index in [1.165, 1.54) is 5.69 Å². The smallest absolute Gasteiger partial charge is 0.150 e. The summed E-state index contributed by atoms with van der Waals surface area (Å²) in [4.78, 5) is 6.88. The molecule has 0 saturated heterocycles. The lowest BCUT2D eigenvalue weighted by Gasteiger charge is -2.17. The van der Waals surface area contributed by atoms with E-state index in [1.807, 2.05) is 18.2 Å². The van der Waals surface area contributed by atoms with Crippen molar-refractivity contribution < 1.29 is 0 Å². The van der Waals surface area contributed by atoms with Crippen molar-refractivity contribution in [3.63, 3.8) is 0 Å². The van der Waals surface area contributed by atoms with E-state index in [9.17, 15) is 0 Å². The van der Waals surface area contributed by atoms with Gasteiger partial charge in [-0.25, -0.2) is 4.98 Å². The lowest BCUT2D eigenvalue weighted by atomic mass is 10.1. The first-order valence-corrected chi connectivity index (χ1v) is 6.60. The fraction of sp³-hybridized carbons (Fsp3) is 0.500. The Morgan fingerprint density at radius 3 is 2.83 bits per heavy atom. The fourth-order valence-corrected chi connectivity index (χ4v) is 2.07. The van der Waals surface area contributed by atoms with Crippen molar-refractivity contribution in [2.45, 2.75) is 32.7 Å². The Balaban J connectivity index is 2.50. The number of hydrogen-bond donors (Lipinski definition) is 1. The topological polar surface area (TPSA) is 46.6 Å². The molecule has 0 aliphatic carbocycles. The van der Waals surface area contributed by atoms with Crippen molar-refractivity contribution in [3.8, 4) is 0 Å². The molecule has 0 fully saturated rings. The third-order valence-corrected chi connectivity index (χ3v) is 3.42. The quantitative estimate of drug-likeness (QED) is 0.878. The summed E-state index contributed by atoms with van der Waals surface area (Å²) >= 11 is 0. The van der Waals surface area contributed by atoms with E-state index in [1.54, 1.807) is 0 Å². The zero-order valence-corrected chi connectivity index (χ0v) is 11.4. The second kappa shape index (κ2) is 5.40. The average Bonchev–Trinajstić information content (AvgIpc) is 2.77. The molecular formula is C14H22N4. The van der Waals surface area contributed by atoms with Crippen LogP contribution in [0.4, 0.5) is 5.82 Å². The lowest BCUT2D eigenvalue weighted by molar-refractivity contribution is 0.633. The van der Waals surface area contributed by atoms with Gasteiger partial charge in [-0.15, -0.1) is 0 Å². The number of imidazole rings is 1. The van der Waals surface area contributed by atoms with E-state index in [4.69, 9.17) is 10.7 Å². The van der Waals surface area contributed by atoms with E-state index >= 15 is 0 Å². The molecule has 0 amide bonds. The number of aromatic nitrogens is 2. The monoisotopic (exact) mass is 246 g/mol. The van der Waals surface area contributed by atoms with Crippen molar-refractivity contribution in [1.82, 2.24) is 9.38 Å². The van der Waals surface area contributed by atoms with Gasteiger partial charge < -0.3 is 15.0 Å². The van der Waals surface area contributed by atoms with Gasteiger partial charge in [0.1, 0.15) is 5.65 Å². The minimum Gasteiger partial charge on any atom is -0.358 e. The van der Waals surface area contributed by atoms with Gasteiger partial charge in [0.05, 0.1) is 5.69 Å². The van der Waals surface area contributed by atoms with Crippen LogP contribution >= 0.6 is 0 Å². The number of nitrogens with two attached hydrogens (primary N) is 1. The van der Waals surface area contributed by atoms with Gasteiger partial charge in [-0.05, 0) is 25.5 Å². The molecule has 0 aliphatic rings. The summed E-state index contributed by atoms with van der Waals surface area (Å²) in [6, 6.07) is 6.27. The molecule has 1 atom stereocenters. The van der Waals surface area contributed by atoms with Crippen LogP contribution in [0.5, 0.6) is 0 Å². The molecule has 2 N–H and O–H groups in total. The highest BCUT2D eigenvalue weighted by Gasteiger charge is 2.16. The molecule has 4 nitrogen and oxygen atoms in total. The Morgan fingerprint density at radius 2 is 2.17 bits per heavy atom. The third-order valence-electron chi connectivity index (χ3n) is 3.42. The zero-order valence-electron chi connectivity index (χ0n) is 11.4. The highest BCUT2D eigenvalue weighted by molar-refractivity contribution is 5.55. The van der Waals surface area contributed by atoms with Crippen LogP contribution in [0.25, 0.3) is 5.65 Å². The molecule has 2 rings (SSSR count). The van der Waals surface area contributed by atoms with Crippen molar-refractivity contribution in [3.05, 3.63) is 30.1 Å². The zero-order chi connectivity index (χ0) is 13.1. The fourth-order valence-electron chi connectivity index (χ4n) is 2.07. The molecule has 0 radical (unpaired) electrons. The minimum atomic E-state index is 0.189. The summed E-state index contributed by atoms with van der Waals surface area (Å²) in [5.41, 5.74) is 8.31. The lowest BCUT2D eigenvalue weighted by Crippen LogP contribution is -2.25. The predicted octanol–water partition coefficient (Wildman–Crippen LogP) is 2.07. The first kappa shape index (κ1) is 12.9. The molecule has 0 spiro atoms. The third kappa shape index (κ3) is 2.34. The molecule has 1 unspecified atom stereocenters. The number of rotatable bonds is 5. The van der Waals surface area contributed by atoms with Crippen LogP contribution in [0, 0.1) is 0 Å². The molecule has 0 aliphatic heterocycles. The summed E-state index contributed by atoms with van der Waals surface area (Å²) < 4.78 is 2.15. The number of hydrogen-bond acceptors (Lipinski definition) is 3. The van der Waals surface area contributed by atoms with E-state index in [-0.39, 0.29) is 6.04 Å². The Kier molecular flexibility index (Phi) is 3.87. The number of pyridine rings is 1. The van der Waals surface area contributed by atoms with Gasteiger partial charge in [0.2, 0.25) is 0 Å². The SMILES string of the molecule is CCC(N)Cc1c(N(C)CC)nc2ccccn12. The van der Waals surface area contributed by atoms with Gasteiger partial charge in [0.25, 0.3) is 0 Å². The van der Waals surface area contributed by atoms with Crippen LogP contribution in [-0.2, 0) is 6.42 Å². The first-order chi connectivity index (χ1) is 8.67. The van der Waals surface area contributed by atoms with Gasteiger partial charge in [-0.2, -0.15) is 0 Å². The highest BCUT2D eigenvalue weighted by Crippen LogP contribution is 2.22. The van der Waals surface area contributed by atoms with Gasteiger partial charge in [0.15, 0.2) is 5.82 Å². The first-order valence-electron chi connectivity index (χ1n) is 6.60. The van der Waals surface area contributed by atoms with E-state index in [0.717, 1.165) is 30.9 Å². The van der Waals surface area contributed by atoms with Gasteiger partial charge in [-0.1, -0.05) is 13.0 Å². The molecule has 0 saturated carbocycles. The maximum absolute atomic E-state index is 6.11. The van der Waals surface area contributed by atoms with E-state index < -0.39 is 0 Å². The number of nitrogens with zero attached hydrogens (tertiary/aromatic N) is 3. The molecule has 2 heterocycles. The molecule has 0 bridgehead atoms. The molecule has 18 heavy (non-hydrogen) atoms. The average molecular weight is 246 g/mol. The Hall–Kier alpha value is -1.55. The van der Waals surface area contributed by atoms with Crippen molar-refractivity contribution >= 4 is 11.5 Å². The van der Waals surface area contributed by atoms with Crippen LogP contribution in [0.15, 0.2) is 24.4 Å². The molecule has 2 aromatic heterocycles.